The van der Waals surface area contributed by atoms with Crippen LogP contribution in [0, 0.1) is 6.92 Å². The van der Waals surface area contributed by atoms with Crippen molar-refractivity contribution in [3.05, 3.63) is 23.4 Å². The van der Waals surface area contributed by atoms with Crippen LogP contribution in [0.5, 0.6) is 5.88 Å². The standard InChI is InChI=1S/C13H19ClN2O/c1-11-12(10-14)4-5-13(15-11)17-9-8-16-6-2-3-7-16/h4-5H,2-3,6-10H2,1H3. The molecular formula is C13H19ClN2O. The highest BCUT2D eigenvalue weighted by molar-refractivity contribution is 6.17. The van der Waals surface area contributed by atoms with Crippen LogP contribution in [0.2, 0.25) is 0 Å². The van der Waals surface area contributed by atoms with E-state index >= 15 is 0 Å². The second-order valence-electron chi connectivity index (χ2n) is 4.42. The largest absolute Gasteiger partial charge is 0.476 e. The van der Waals surface area contributed by atoms with Crippen molar-refractivity contribution in [2.75, 3.05) is 26.2 Å². The molecule has 0 unspecified atom stereocenters. The van der Waals surface area contributed by atoms with E-state index in [1.807, 2.05) is 19.1 Å². The first-order valence-corrected chi connectivity index (χ1v) is 6.70. The zero-order chi connectivity index (χ0) is 12.1. The first-order chi connectivity index (χ1) is 8.29. The smallest absolute Gasteiger partial charge is 0.213 e. The molecule has 0 N–H and O–H groups in total. The Morgan fingerprint density at radius 1 is 1.35 bits per heavy atom. The van der Waals surface area contributed by atoms with Crippen LogP contribution in [0.15, 0.2) is 12.1 Å². The third-order valence-electron chi connectivity index (χ3n) is 3.17. The normalized spacial score (nSPS) is 16.4. The first-order valence-electron chi connectivity index (χ1n) is 6.17. The fraction of sp³-hybridized carbons (Fsp3) is 0.615. The summed E-state index contributed by atoms with van der Waals surface area (Å²) in [5.74, 6) is 1.21. The maximum Gasteiger partial charge on any atom is 0.213 e. The van der Waals surface area contributed by atoms with Crippen molar-refractivity contribution >= 4 is 11.6 Å². The third kappa shape index (κ3) is 3.58. The number of aromatic nitrogens is 1. The number of rotatable bonds is 5. The molecule has 1 aliphatic heterocycles. The summed E-state index contributed by atoms with van der Waals surface area (Å²) in [4.78, 5) is 6.81. The molecule has 94 valence electrons. The van der Waals surface area contributed by atoms with E-state index in [9.17, 15) is 0 Å². The van der Waals surface area contributed by atoms with Crippen LogP contribution >= 0.6 is 11.6 Å². The van der Waals surface area contributed by atoms with Gasteiger partial charge in [-0.05, 0) is 38.4 Å². The molecule has 0 saturated carbocycles. The fourth-order valence-corrected chi connectivity index (χ4v) is 2.36. The van der Waals surface area contributed by atoms with Gasteiger partial charge in [-0.2, -0.15) is 0 Å². The van der Waals surface area contributed by atoms with E-state index in [0.29, 0.717) is 18.4 Å². The van der Waals surface area contributed by atoms with Crippen molar-refractivity contribution in [1.29, 1.82) is 0 Å². The van der Waals surface area contributed by atoms with Crippen molar-refractivity contribution in [3.63, 3.8) is 0 Å². The summed E-state index contributed by atoms with van der Waals surface area (Å²) in [7, 11) is 0. The molecule has 0 amide bonds. The molecule has 2 rings (SSSR count). The van der Waals surface area contributed by atoms with Gasteiger partial charge in [0.25, 0.3) is 0 Å². The number of ether oxygens (including phenoxy) is 1. The van der Waals surface area contributed by atoms with E-state index in [1.165, 1.54) is 25.9 Å². The summed E-state index contributed by atoms with van der Waals surface area (Å²) < 4.78 is 5.65. The highest BCUT2D eigenvalue weighted by atomic mass is 35.5. The molecule has 0 atom stereocenters. The highest BCUT2D eigenvalue weighted by Gasteiger charge is 2.11. The summed E-state index contributed by atoms with van der Waals surface area (Å²) in [5.41, 5.74) is 2.03. The Morgan fingerprint density at radius 2 is 2.12 bits per heavy atom. The van der Waals surface area contributed by atoms with Crippen molar-refractivity contribution in [3.8, 4) is 5.88 Å². The molecule has 1 saturated heterocycles. The lowest BCUT2D eigenvalue weighted by Crippen LogP contribution is -2.25. The second kappa shape index (κ2) is 6.22. The number of likely N-dealkylation sites (tertiary alicyclic amines) is 1. The molecule has 1 fully saturated rings. The Bertz CT molecular complexity index is 364. The topological polar surface area (TPSA) is 25.4 Å². The Hall–Kier alpha value is -0.800. The van der Waals surface area contributed by atoms with Gasteiger partial charge in [0.05, 0.1) is 0 Å². The van der Waals surface area contributed by atoms with E-state index in [-0.39, 0.29) is 0 Å². The zero-order valence-corrected chi connectivity index (χ0v) is 11.0. The van der Waals surface area contributed by atoms with Gasteiger partial charge in [0, 0.05) is 24.2 Å². The van der Waals surface area contributed by atoms with Crippen LogP contribution in [-0.4, -0.2) is 36.1 Å². The van der Waals surface area contributed by atoms with Crippen LogP contribution in [0.25, 0.3) is 0 Å². The van der Waals surface area contributed by atoms with Gasteiger partial charge in [-0.25, -0.2) is 4.98 Å². The summed E-state index contributed by atoms with van der Waals surface area (Å²) in [6.45, 7) is 6.09. The van der Waals surface area contributed by atoms with Crippen molar-refractivity contribution in [2.24, 2.45) is 0 Å². The van der Waals surface area contributed by atoms with Crippen LogP contribution in [0.3, 0.4) is 0 Å². The average Bonchev–Trinajstić information content (AvgIpc) is 2.82. The number of alkyl halides is 1. The summed E-state index contributed by atoms with van der Waals surface area (Å²) >= 11 is 5.79. The maximum atomic E-state index is 5.79. The Labute approximate surface area is 108 Å². The molecule has 1 aromatic rings. The lowest BCUT2D eigenvalue weighted by molar-refractivity contribution is 0.231. The predicted octanol–water partition coefficient (Wildman–Crippen LogP) is 2.60. The van der Waals surface area contributed by atoms with Gasteiger partial charge in [-0.1, -0.05) is 6.07 Å². The van der Waals surface area contributed by atoms with Crippen molar-refractivity contribution in [1.82, 2.24) is 9.88 Å². The van der Waals surface area contributed by atoms with Gasteiger partial charge in [0.1, 0.15) is 6.61 Å². The lowest BCUT2D eigenvalue weighted by Gasteiger charge is -2.14. The Balaban J connectivity index is 1.80. The van der Waals surface area contributed by atoms with Gasteiger partial charge < -0.3 is 4.74 Å². The van der Waals surface area contributed by atoms with Crippen molar-refractivity contribution < 1.29 is 4.74 Å². The molecular weight excluding hydrogens is 236 g/mol. The van der Waals surface area contributed by atoms with E-state index in [1.54, 1.807) is 0 Å². The molecule has 2 heterocycles. The zero-order valence-electron chi connectivity index (χ0n) is 10.3. The second-order valence-corrected chi connectivity index (χ2v) is 4.69. The highest BCUT2D eigenvalue weighted by Crippen LogP contribution is 2.14. The van der Waals surface area contributed by atoms with Gasteiger partial charge in [-0.15, -0.1) is 11.6 Å². The Kier molecular flexibility index (Phi) is 4.63. The summed E-state index contributed by atoms with van der Waals surface area (Å²) in [6, 6.07) is 3.88. The van der Waals surface area contributed by atoms with E-state index in [0.717, 1.165) is 17.8 Å². The number of nitrogens with zero attached hydrogens (tertiary/aromatic N) is 2. The number of halogens is 1. The van der Waals surface area contributed by atoms with E-state index < -0.39 is 0 Å². The quantitative estimate of drug-likeness (QED) is 0.756. The predicted molar refractivity (Wildman–Crippen MR) is 69.7 cm³/mol. The molecule has 0 aliphatic carbocycles. The Morgan fingerprint density at radius 3 is 2.76 bits per heavy atom. The van der Waals surface area contributed by atoms with E-state index in [4.69, 9.17) is 16.3 Å². The summed E-state index contributed by atoms with van der Waals surface area (Å²) in [6.07, 6.45) is 2.64. The number of pyridine rings is 1. The molecule has 1 aromatic heterocycles. The molecule has 0 radical (unpaired) electrons. The molecule has 4 heteroatoms. The molecule has 17 heavy (non-hydrogen) atoms. The molecule has 1 aliphatic rings. The van der Waals surface area contributed by atoms with Gasteiger partial charge in [0.2, 0.25) is 5.88 Å². The van der Waals surface area contributed by atoms with E-state index in [2.05, 4.69) is 9.88 Å². The minimum atomic E-state index is 0.507. The maximum absolute atomic E-state index is 5.79. The molecule has 0 aromatic carbocycles. The first kappa shape index (κ1) is 12.7. The average molecular weight is 255 g/mol. The molecule has 0 bridgehead atoms. The van der Waals surface area contributed by atoms with Crippen LogP contribution in [0.1, 0.15) is 24.1 Å². The minimum Gasteiger partial charge on any atom is -0.476 e. The summed E-state index contributed by atoms with van der Waals surface area (Å²) in [5, 5.41) is 0. The van der Waals surface area contributed by atoms with Crippen LogP contribution in [0.4, 0.5) is 0 Å². The lowest BCUT2D eigenvalue weighted by atomic mass is 10.2. The van der Waals surface area contributed by atoms with Crippen molar-refractivity contribution in [2.45, 2.75) is 25.6 Å². The monoisotopic (exact) mass is 254 g/mol. The number of hydrogen-bond acceptors (Lipinski definition) is 3. The molecule has 3 nitrogen and oxygen atoms in total. The van der Waals surface area contributed by atoms with Gasteiger partial charge in [0.15, 0.2) is 0 Å². The molecule has 0 spiro atoms. The fourth-order valence-electron chi connectivity index (χ4n) is 2.07. The number of aryl methyl sites for hydroxylation is 1. The number of hydrogen-bond donors (Lipinski definition) is 0. The minimum absolute atomic E-state index is 0.507. The van der Waals surface area contributed by atoms with Gasteiger partial charge >= 0.3 is 0 Å². The van der Waals surface area contributed by atoms with Crippen LogP contribution < -0.4 is 4.74 Å². The van der Waals surface area contributed by atoms with Crippen LogP contribution in [-0.2, 0) is 5.88 Å². The van der Waals surface area contributed by atoms with Gasteiger partial charge in [-0.3, -0.25) is 4.90 Å². The third-order valence-corrected chi connectivity index (χ3v) is 3.46. The SMILES string of the molecule is Cc1nc(OCCN2CCCC2)ccc1CCl.